The van der Waals surface area contributed by atoms with E-state index in [4.69, 9.17) is 0 Å². The van der Waals surface area contributed by atoms with E-state index >= 15 is 0 Å². The number of nitrogens with one attached hydrogen (secondary N) is 2. The van der Waals surface area contributed by atoms with Gasteiger partial charge in [-0.05, 0) is 24.5 Å². The maximum atomic E-state index is 11.6. The molecule has 1 atom stereocenters. The molecule has 1 amide bonds. The molecule has 0 bridgehead atoms. The minimum Gasteiger partial charge on any atom is -0.393 e. The summed E-state index contributed by atoms with van der Waals surface area (Å²) in [5, 5.41) is 12.2. The summed E-state index contributed by atoms with van der Waals surface area (Å²) in [4.78, 5) is 24.7. The van der Waals surface area contributed by atoms with Crippen LogP contribution in [0, 0.1) is 5.92 Å². The third-order valence-electron chi connectivity index (χ3n) is 2.58. The Balaban J connectivity index is 2.37. The first-order valence-corrected chi connectivity index (χ1v) is 5.65. The molecule has 0 fully saturated rings. The summed E-state index contributed by atoms with van der Waals surface area (Å²) in [5.74, 6) is -0.0897. The first-order valence-electron chi connectivity index (χ1n) is 5.65. The summed E-state index contributed by atoms with van der Waals surface area (Å²) in [6, 6.07) is 3.10. The Morgan fingerprint density at radius 1 is 1.53 bits per heavy atom. The highest BCUT2D eigenvalue weighted by atomic mass is 16.3. The fourth-order valence-corrected chi connectivity index (χ4v) is 1.38. The van der Waals surface area contributed by atoms with Crippen molar-refractivity contribution >= 4 is 12.2 Å². The van der Waals surface area contributed by atoms with Gasteiger partial charge in [0.25, 0.3) is 5.91 Å². The molecule has 0 aliphatic heterocycles. The minimum atomic E-state index is -0.413. The molecule has 3 N–H and O–H groups in total. The van der Waals surface area contributed by atoms with Gasteiger partial charge in [-0.25, -0.2) is 0 Å². The maximum Gasteiger partial charge on any atom is 0.267 e. The number of amides is 1. The van der Waals surface area contributed by atoms with Crippen molar-refractivity contribution < 1.29 is 14.7 Å². The quantitative estimate of drug-likeness (QED) is 0.646. The maximum absolute atomic E-state index is 11.6. The number of carbonyl (C=O) groups excluding carboxylic acids is 2. The Bertz CT molecular complexity index is 385. The molecule has 0 saturated heterocycles. The Kier molecular flexibility index (Phi) is 4.90. The van der Waals surface area contributed by atoms with E-state index in [2.05, 4.69) is 10.3 Å². The number of H-pyrrole nitrogens is 1. The van der Waals surface area contributed by atoms with E-state index in [1.165, 1.54) is 0 Å². The monoisotopic (exact) mass is 238 g/mol. The summed E-state index contributed by atoms with van der Waals surface area (Å²) >= 11 is 0. The molecule has 1 aromatic rings. The zero-order chi connectivity index (χ0) is 12.8. The van der Waals surface area contributed by atoms with Gasteiger partial charge in [-0.15, -0.1) is 0 Å². The van der Waals surface area contributed by atoms with Gasteiger partial charge in [-0.1, -0.05) is 13.8 Å². The van der Waals surface area contributed by atoms with E-state index in [1.54, 1.807) is 12.1 Å². The second-order valence-electron chi connectivity index (χ2n) is 4.30. The molecular weight excluding hydrogens is 220 g/mol. The van der Waals surface area contributed by atoms with Gasteiger partial charge in [-0.3, -0.25) is 9.59 Å². The molecule has 1 rings (SSSR count). The van der Waals surface area contributed by atoms with E-state index in [1.807, 2.05) is 13.8 Å². The lowest BCUT2D eigenvalue weighted by Crippen LogP contribution is -2.28. The van der Waals surface area contributed by atoms with E-state index in [-0.39, 0.29) is 11.8 Å². The Labute approximate surface area is 100 Å². The highest BCUT2D eigenvalue weighted by molar-refractivity contribution is 5.93. The van der Waals surface area contributed by atoms with Crippen molar-refractivity contribution in [3.05, 3.63) is 23.5 Å². The minimum absolute atomic E-state index is 0.180. The summed E-state index contributed by atoms with van der Waals surface area (Å²) in [6.45, 7) is 4.26. The van der Waals surface area contributed by atoms with Gasteiger partial charge in [0.15, 0.2) is 6.29 Å². The smallest absolute Gasteiger partial charge is 0.267 e. The standard InChI is InChI=1S/C12H18N2O3/c1-8(2)11(16)5-6-13-12(17)10-4-3-9(7-15)14-10/h3-4,7-8,11,14,16H,5-6H2,1-2H3,(H,13,17). The normalized spacial score (nSPS) is 12.5. The van der Waals surface area contributed by atoms with Gasteiger partial charge in [0.1, 0.15) is 5.69 Å². The number of hydrogen-bond donors (Lipinski definition) is 3. The van der Waals surface area contributed by atoms with Gasteiger partial charge < -0.3 is 15.4 Å². The molecule has 5 nitrogen and oxygen atoms in total. The van der Waals surface area contributed by atoms with Gasteiger partial charge in [-0.2, -0.15) is 0 Å². The Hall–Kier alpha value is -1.62. The molecule has 0 aliphatic rings. The van der Waals surface area contributed by atoms with Crippen molar-refractivity contribution in [2.24, 2.45) is 5.92 Å². The predicted molar refractivity (Wildman–Crippen MR) is 64.0 cm³/mol. The molecule has 0 spiro atoms. The average Bonchev–Trinajstić information content (AvgIpc) is 2.77. The lowest BCUT2D eigenvalue weighted by Gasteiger charge is -2.14. The summed E-state index contributed by atoms with van der Waals surface area (Å²) < 4.78 is 0. The van der Waals surface area contributed by atoms with Gasteiger partial charge in [0.2, 0.25) is 0 Å². The number of aromatic amines is 1. The number of rotatable bonds is 6. The van der Waals surface area contributed by atoms with E-state index in [0.29, 0.717) is 30.6 Å². The molecule has 1 aromatic heterocycles. The second kappa shape index (κ2) is 6.20. The lowest BCUT2D eigenvalue weighted by atomic mass is 10.0. The van der Waals surface area contributed by atoms with Crippen LogP contribution in [0.25, 0.3) is 0 Å². The number of aromatic nitrogens is 1. The summed E-state index contributed by atoms with van der Waals surface area (Å²) in [6.07, 6.45) is 0.758. The van der Waals surface area contributed by atoms with E-state index < -0.39 is 6.10 Å². The molecule has 5 heteroatoms. The SMILES string of the molecule is CC(C)C(O)CCNC(=O)c1ccc(C=O)[nH]1. The van der Waals surface area contributed by atoms with E-state index in [9.17, 15) is 14.7 Å². The molecule has 94 valence electrons. The number of hydrogen-bond acceptors (Lipinski definition) is 3. The number of aldehydes is 1. The highest BCUT2D eigenvalue weighted by Gasteiger charge is 2.11. The van der Waals surface area contributed by atoms with Crippen molar-refractivity contribution in [1.82, 2.24) is 10.3 Å². The van der Waals surface area contributed by atoms with Crippen molar-refractivity contribution in [2.75, 3.05) is 6.54 Å². The molecule has 1 unspecified atom stereocenters. The number of carbonyl (C=O) groups is 2. The van der Waals surface area contributed by atoms with Crippen LogP contribution in [-0.2, 0) is 0 Å². The molecule has 0 radical (unpaired) electrons. The number of aliphatic hydroxyl groups is 1. The Morgan fingerprint density at radius 2 is 2.24 bits per heavy atom. The van der Waals surface area contributed by atoms with Crippen LogP contribution in [-0.4, -0.2) is 34.9 Å². The van der Waals surface area contributed by atoms with Crippen molar-refractivity contribution in [3.63, 3.8) is 0 Å². The first-order chi connectivity index (χ1) is 8.04. The zero-order valence-electron chi connectivity index (χ0n) is 10.1. The fourth-order valence-electron chi connectivity index (χ4n) is 1.38. The summed E-state index contributed by atoms with van der Waals surface area (Å²) in [7, 11) is 0. The van der Waals surface area contributed by atoms with Crippen molar-refractivity contribution in [1.29, 1.82) is 0 Å². The third kappa shape index (κ3) is 4.03. The lowest BCUT2D eigenvalue weighted by molar-refractivity contribution is 0.0916. The van der Waals surface area contributed by atoms with Crippen molar-refractivity contribution in [2.45, 2.75) is 26.4 Å². The first kappa shape index (κ1) is 13.4. The number of aliphatic hydroxyl groups excluding tert-OH is 1. The topological polar surface area (TPSA) is 82.2 Å². The van der Waals surface area contributed by atoms with Crippen LogP contribution in [0.2, 0.25) is 0 Å². The second-order valence-corrected chi connectivity index (χ2v) is 4.30. The van der Waals surface area contributed by atoms with Gasteiger partial charge in [0.05, 0.1) is 11.8 Å². The fraction of sp³-hybridized carbons (Fsp3) is 0.500. The van der Waals surface area contributed by atoms with Crippen molar-refractivity contribution in [3.8, 4) is 0 Å². The van der Waals surface area contributed by atoms with Crippen LogP contribution in [0.4, 0.5) is 0 Å². The predicted octanol–water partition coefficient (Wildman–Crippen LogP) is 0.964. The van der Waals surface area contributed by atoms with Gasteiger partial charge in [0, 0.05) is 6.54 Å². The van der Waals surface area contributed by atoms with Crippen LogP contribution in [0.3, 0.4) is 0 Å². The largest absolute Gasteiger partial charge is 0.393 e. The van der Waals surface area contributed by atoms with Gasteiger partial charge >= 0.3 is 0 Å². The molecular formula is C12H18N2O3. The third-order valence-corrected chi connectivity index (χ3v) is 2.58. The van der Waals surface area contributed by atoms with E-state index in [0.717, 1.165) is 0 Å². The molecule has 0 aromatic carbocycles. The van der Waals surface area contributed by atoms with Crippen LogP contribution in [0.5, 0.6) is 0 Å². The van der Waals surface area contributed by atoms with Crippen LogP contribution in [0.15, 0.2) is 12.1 Å². The zero-order valence-corrected chi connectivity index (χ0v) is 10.1. The molecule has 0 saturated carbocycles. The Morgan fingerprint density at radius 3 is 2.76 bits per heavy atom. The molecule has 17 heavy (non-hydrogen) atoms. The summed E-state index contributed by atoms with van der Waals surface area (Å²) in [5.41, 5.74) is 0.725. The average molecular weight is 238 g/mol. The van der Waals surface area contributed by atoms with Crippen LogP contribution in [0.1, 0.15) is 41.2 Å². The molecule has 0 aliphatic carbocycles. The van der Waals surface area contributed by atoms with Crippen LogP contribution >= 0.6 is 0 Å². The van der Waals surface area contributed by atoms with Crippen LogP contribution < -0.4 is 5.32 Å². The molecule has 1 heterocycles. The highest BCUT2D eigenvalue weighted by Crippen LogP contribution is 2.04.